The largest absolute Gasteiger partial charge is 0.391 e. The van der Waals surface area contributed by atoms with Crippen LogP contribution in [-0.2, 0) is 9.59 Å². The first-order chi connectivity index (χ1) is 9.99. The first-order valence-electron chi connectivity index (χ1n) is 7.32. The van der Waals surface area contributed by atoms with E-state index in [2.05, 4.69) is 5.32 Å². The van der Waals surface area contributed by atoms with Crippen LogP contribution in [0, 0.1) is 6.92 Å². The second-order valence-corrected chi connectivity index (χ2v) is 5.66. The minimum atomic E-state index is -0.667. The maximum Gasteiger partial charge on any atom is 0.313 e. The van der Waals surface area contributed by atoms with Gasteiger partial charge in [-0.3, -0.25) is 9.59 Å². The van der Waals surface area contributed by atoms with Gasteiger partial charge in [0.15, 0.2) is 0 Å². The number of likely N-dealkylation sites (N-methyl/N-ethyl adjacent to an activating group) is 1. The molecule has 1 aromatic carbocycles. The number of aliphatic hydroxyl groups excluding tert-OH is 1. The van der Waals surface area contributed by atoms with Crippen LogP contribution < -0.4 is 5.32 Å². The second-order valence-electron chi connectivity index (χ2n) is 5.66. The highest BCUT2D eigenvalue weighted by molar-refractivity contribution is 6.39. The molecule has 21 heavy (non-hydrogen) atoms. The summed E-state index contributed by atoms with van der Waals surface area (Å²) in [6.45, 7) is 1.95. The lowest BCUT2D eigenvalue weighted by molar-refractivity contribution is -0.145. The summed E-state index contributed by atoms with van der Waals surface area (Å²) >= 11 is 0. The average molecular weight is 290 g/mol. The number of aryl methyl sites for hydroxylation is 1. The van der Waals surface area contributed by atoms with Crippen LogP contribution in [0.15, 0.2) is 24.3 Å². The molecule has 5 nitrogen and oxygen atoms in total. The van der Waals surface area contributed by atoms with Crippen molar-refractivity contribution in [1.82, 2.24) is 4.90 Å². The lowest BCUT2D eigenvalue weighted by Crippen LogP contribution is -2.49. The minimum Gasteiger partial charge on any atom is -0.391 e. The quantitative estimate of drug-likeness (QED) is 0.814. The molecule has 0 aliphatic heterocycles. The predicted molar refractivity (Wildman–Crippen MR) is 80.8 cm³/mol. The molecule has 1 aliphatic carbocycles. The topological polar surface area (TPSA) is 69.6 Å². The lowest BCUT2D eigenvalue weighted by atomic mass is 9.91. The molecule has 1 saturated carbocycles. The van der Waals surface area contributed by atoms with Crippen LogP contribution in [0.1, 0.15) is 31.2 Å². The highest BCUT2D eigenvalue weighted by Crippen LogP contribution is 2.22. The van der Waals surface area contributed by atoms with Gasteiger partial charge in [-0.1, -0.05) is 30.5 Å². The summed E-state index contributed by atoms with van der Waals surface area (Å²) in [4.78, 5) is 25.5. The number of anilines is 1. The molecular formula is C16H22N2O3. The molecule has 0 heterocycles. The van der Waals surface area contributed by atoms with Gasteiger partial charge in [0.05, 0.1) is 12.1 Å². The van der Waals surface area contributed by atoms with Gasteiger partial charge in [-0.05, 0) is 31.9 Å². The molecule has 114 valence electrons. The summed E-state index contributed by atoms with van der Waals surface area (Å²) < 4.78 is 0. The van der Waals surface area contributed by atoms with Crippen molar-refractivity contribution in [3.05, 3.63) is 29.8 Å². The summed E-state index contributed by atoms with van der Waals surface area (Å²) in [7, 11) is 1.58. The van der Waals surface area contributed by atoms with Gasteiger partial charge in [0.25, 0.3) is 0 Å². The fourth-order valence-corrected chi connectivity index (χ4v) is 2.68. The van der Waals surface area contributed by atoms with Crippen LogP contribution in [0.4, 0.5) is 5.69 Å². The van der Waals surface area contributed by atoms with Gasteiger partial charge in [-0.15, -0.1) is 0 Å². The maximum atomic E-state index is 12.2. The van der Waals surface area contributed by atoms with E-state index < -0.39 is 17.9 Å². The lowest BCUT2D eigenvalue weighted by Gasteiger charge is -2.34. The van der Waals surface area contributed by atoms with E-state index in [0.717, 1.165) is 24.8 Å². The number of nitrogens with one attached hydrogen (secondary N) is 1. The van der Waals surface area contributed by atoms with Crippen molar-refractivity contribution < 1.29 is 14.7 Å². The molecule has 0 aromatic heterocycles. The van der Waals surface area contributed by atoms with Gasteiger partial charge in [-0.2, -0.15) is 0 Å². The number of carbonyl (C=O) groups excluding carboxylic acids is 2. The second kappa shape index (κ2) is 6.72. The smallest absolute Gasteiger partial charge is 0.313 e. The van der Waals surface area contributed by atoms with Gasteiger partial charge >= 0.3 is 11.8 Å². The Labute approximate surface area is 125 Å². The summed E-state index contributed by atoms with van der Waals surface area (Å²) in [5, 5.41) is 12.6. The molecule has 2 amide bonds. The number of rotatable bonds is 2. The van der Waals surface area contributed by atoms with Crippen molar-refractivity contribution in [1.29, 1.82) is 0 Å². The van der Waals surface area contributed by atoms with Crippen molar-refractivity contribution in [2.45, 2.75) is 44.8 Å². The third-order valence-corrected chi connectivity index (χ3v) is 4.02. The van der Waals surface area contributed by atoms with E-state index in [1.165, 1.54) is 4.90 Å². The normalized spacial score (nSPS) is 21.7. The van der Waals surface area contributed by atoms with Crippen molar-refractivity contribution in [3.63, 3.8) is 0 Å². The van der Waals surface area contributed by atoms with Gasteiger partial charge in [0.2, 0.25) is 0 Å². The number of amides is 2. The molecule has 1 aliphatic rings. The molecular weight excluding hydrogens is 268 g/mol. The molecule has 0 bridgehead atoms. The van der Waals surface area contributed by atoms with Crippen LogP contribution in [0.2, 0.25) is 0 Å². The van der Waals surface area contributed by atoms with Crippen LogP contribution in [0.3, 0.4) is 0 Å². The Morgan fingerprint density at radius 2 is 1.81 bits per heavy atom. The summed E-state index contributed by atoms with van der Waals surface area (Å²) in [6, 6.07) is 6.99. The first kappa shape index (κ1) is 15.5. The molecule has 0 radical (unpaired) electrons. The number of hydrogen-bond acceptors (Lipinski definition) is 3. The van der Waals surface area contributed by atoms with Gasteiger partial charge in [0, 0.05) is 12.7 Å². The number of benzene rings is 1. The Hall–Kier alpha value is -1.88. The molecule has 2 atom stereocenters. The van der Waals surface area contributed by atoms with E-state index in [9.17, 15) is 14.7 Å². The summed E-state index contributed by atoms with van der Waals surface area (Å²) in [5.74, 6) is -1.28. The van der Waals surface area contributed by atoms with Crippen molar-refractivity contribution in [2.24, 2.45) is 0 Å². The zero-order valence-electron chi connectivity index (χ0n) is 12.5. The van der Waals surface area contributed by atoms with Crippen LogP contribution in [0.5, 0.6) is 0 Å². The van der Waals surface area contributed by atoms with Crippen molar-refractivity contribution >= 4 is 17.5 Å². The fraction of sp³-hybridized carbons (Fsp3) is 0.500. The third-order valence-electron chi connectivity index (χ3n) is 4.02. The first-order valence-corrected chi connectivity index (χ1v) is 7.32. The van der Waals surface area contributed by atoms with Crippen LogP contribution in [0.25, 0.3) is 0 Å². The highest BCUT2D eigenvalue weighted by atomic mass is 16.3. The monoisotopic (exact) mass is 290 g/mol. The predicted octanol–water partition coefficient (Wildman–Crippen LogP) is 1.70. The summed E-state index contributed by atoms with van der Waals surface area (Å²) in [6.07, 6.45) is 2.82. The Morgan fingerprint density at radius 1 is 1.19 bits per heavy atom. The molecule has 2 unspecified atom stereocenters. The fourth-order valence-electron chi connectivity index (χ4n) is 2.68. The van der Waals surface area contributed by atoms with E-state index in [1.807, 2.05) is 19.1 Å². The van der Waals surface area contributed by atoms with Gasteiger partial charge < -0.3 is 15.3 Å². The van der Waals surface area contributed by atoms with E-state index in [0.29, 0.717) is 12.1 Å². The number of aliphatic hydroxyl groups is 1. The van der Waals surface area contributed by atoms with Crippen molar-refractivity contribution in [3.8, 4) is 0 Å². The van der Waals surface area contributed by atoms with E-state index in [1.54, 1.807) is 19.2 Å². The standard InChI is InChI=1S/C16H22N2O3/c1-11-7-9-12(10-8-11)17-15(20)16(21)18(2)13-5-3-4-6-14(13)19/h7-10,13-14,19H,3-6H2,1-2H3,(H,17,20). The Balaban J connectivity index is 1.98. The number of nitrogens with zero attached hydrogens (tertiary/aromatic N) is 1. The average Bonchev–Trinajstić information content (AvgIpc) is 2.48. The molecule has 0 spiro atoms. The number of carbonyl (C=O) groups is 2. The zero-order valence-corrected chi connectivity index (χ0v) is 12.5. The number of hydrogen-bond donors (Lipinski definition) is 2. The molecule has 2 N–H and O–H groups in total. The molecule has 2 rings (SSSR count). The maximum absolute atomic E-state index is 12.2. The summed E-state index contributed by atoms with van der Waals surface area (Å²) in [5.41, 5.74) is 1.68. The van der Waals surface area contributed by atoms with Gasteiger partial charge in [-0.25, -0.2) is 0 Å². The van der Waals surface area contributed by atoms with E-state index >= 15 is 0 Å². The SMILES string of the molecule is Cc1ccc(NC(=O)C(=O)N(C)C2CCCCC2O)cc1. The third kappa shape index (κ3) is 3.82. The Kier molecular flexibility index (Phi) is 4.96. The Bertz CT molecular complexity index is 513. The Morgan fingerprint density at radius 3 is 2.43 bits per heavy atom. The van der Waals surface area contributed by atoms with Crippen molar-refractivity contribution in [2.75, 3.05) is 12.4 Å². The molecule has 1 fully saturated rings. The minimum absolute atomic E-state index is 0.269. The van der Waals surface area contributed by atoms with Crippen LogP contribution >= 0.6 is 0 Å². The highest BCUT2D eigenvalue weighted by Gasteiger charge is 2.32. The van der Waals surface area contributed by atoms with Crippen LogP contribution in [-0.4, -0.2) is 41.0 Å². The molecule has 1 aromatic rings. The van der Waals surface area contributed by atoms with E-state index in [-0.39, 0.29) is 6.04 Å². The van der Waals surface area contributed by atoms with E-state index in [4.69, 9.17) is 0 Å². The molecule has 5 heteroatoms. The molecule has 0 saturated heterocycles. The van der Waals surface area contributed by atoms with Gasteiger partial charge in [0.1, 0.15) is 0 Å². The zero-order chi connectivity index (χ0) is 15.4.